The van der Waals surface area contributed by atoms with Crippen LogP contribution in [-0.2, 0) is 17.5 Å². The molecule has 8 heteroatoms. The molecule has 0 unspecified atom stereocenters. The van der Waals surface area contributed by atoms with Gasteiger partial charge in [-0.3, -0.25) is 0 Å². The van der Waals surface area contributed by atoms with Gasteiger partial charge >= 0.3 is 6.18 Å². The fourth-order valence-electron chi connectivity index (χ4n) is 1.76. The second-order valence-electron chi connectivity index (χ2n) is 4.78. The molecule has 0 bridgehead atoms. The van der Waals surface area contributed by atoms with Crippen molar-refractivity contribution in [1.82, 2.24) is 4.98 Å². The average Bonchev–Trinajstić information content (AvgIpc) is 2.54. The molecule has 130 valence electrons. The predicted octanol–water partition coefficient (Wildman–Crippen LogP) is 4.36. The van der Waals surface area contributed by atoms with E-state index in [0.717, 1.165) is 11.6 Å². The molecule has 0 fully saturated rings. The first kappa shape index (κ1) is 18.4. The summed E-state index contributed by atoms with van der Waals surface area (Å²) in [7, 11) is 1.59. The molecular weight excluding hydrogens is 347 g/mol. The molecule has 2 rings (SSSR count). The molecule has 4 nitrogen and oxygen atoms in total. The number of nitrogens with zero attached hydrogens (tertiary/aromatic N) is 1. The van der Waals surface area contributed by atoms with Crippen LogP contribution in [0.5, 0.6) is 11.6 Å². The topological polar surface area (TPSA) is 40.6 Å². The zero-order valence-electron chi connectivity index (χ0n) is 12.8. The highest BCUT2D eigenvalue weighted by atomic mass is 35.5. The van der Waals surface area contributed by atoms with Gasteiger partial charge in [-0.05, 0) is 23.8 Å². The zero-order chi connectivity index (χ0) is 17.6. The summed E-state index contributed by atoms with van der Waals surface area (Å²) in [5, 5.41) is -0.190. The van der Waals surface area contributed by atoms with E-state index in [2.05, 4.69) is 4.98 Å². The van der Waals surface area contributed by atoms with Crippen LogP contribution in [0.1, 0.15) is 11.1 Å². The van der Waals surface area contributed by atoms with E-state index >= 15 is 0 Å². The van der Waals surface area contributed by atoms with Gasteiger partial charge in [0.25, 0.3) is 0 Å². The minimum atomic E-state index is -4.49. The van der Waals surface area contributed by atoms with Crippen LogP contribution < -0.4 is 9.47 Å². The molecule has 0 aliphatic rings. The summed E-state index contributed by atoms with van der Waals surface area (Å²) in [6.45, 7) is 1.05. The lowest BCUT2D eigenvalue weighted by molar-refractivity contribution is -0.137. The molecule has 2 aromatic rings. The zero-order valence-corrected chi connectivity index (χ0v) is 13.5. The van der Waals surface area contributed by atoms with E-state index in [0.29, 0.717) is 25.2 Å². The van der Waals surface area contributed by atoms with Gasteiger partial charge in [-0.2, -0.15) is 13.2 Å². The number of pyridine rings is 1. The molecule has 0 aliphatic heterocycles. The SMILES string of the molecule is COCCOc1ccc(COc2ncc(C(F)(F)F)cc2Cl)cc1. The Morgan fingerprint density at radius 3 is 2.38 bits per heavy atom. The second kappa shape index (κ2) is 8.21. The predicted molar refractivity (Wildman–Crippen MR) is 82.4 cm³/mol. The summed E-state index contributed by atoms with van der Waals surface area (Å²) in [5.41, 5.74) is -0.121. The number of alkyl halides is 3. The molecule has 0 saturated heterocycles. The van der Waals surface area contributed by atoms with Crippen molar-refractivity contribution in [2.75, 3.05) is 20.3 Å². The highest BCUT2D eigenvalue weighted by Crippen LogP contribution is 2.33. The van der Waals surface area contributed by atoms with Gasteiger partial charge in [0.2, 0.25) is 5.88 Å². The van der Waals surface area contributed by atoms with Crippen LogP contribution in [0.3, 0.4) is 0 Å². The van der Waals surface area contributed by atoms with Gasteiger partial charge in [0.05, 0.1) is 12.2 Å². The van der Waals surface area contributed by atoms with Gasteiger partial charge in [-0.1, -0.05) is 23.7 Å². The molecule has 0 spiro atoms. The van der Waals surface area contributed by atoms with Gasteiger partial charge in [-0.15, -0.1) is 0 Å². The van der Waals surface area contributed by atoms with E-state index < -0.39 is 11.7 Å². The molecule has 0 atom stereocenters. The van der Waals surface area contributed by atoms with Crippen molar-refractivity contribution in [1.29, 1.82) is 0 Å². The number of halogens is 4. The van der Waals surface area contributed by atoms with Crippen LogP contribution in [0.2, 0.25) is 5.02 Å². The summed E-state index contributed by atoms with van der Waals surface area (Å²) >= 11 is 5.78. The third-order valence-electron chi connectivity index (χ3n) is 2.99. The molecule has 0 radical (unpaired) electrons. The minimum Gasteiger partial charge on any atom is -0.491 e. The highest BCUT2D eigenvalue weighted by molar-refractivity contribution is 6.31. The molecule has 1 aromatic carbocycles. The smallest absolute Gasteiger partial charge is 0.417 e. The lowest BCUT2D eigenvalue weighted by Crippen LogP contribution is -2.06. The Kier molecular flexibility index (Phi) is 6.28. The number of methoxy groups -OCH3 is 1. The molecule has 1 heterocycles. The largest absolute Gasteiger partial charge is 0.491 e. The van der Waals surface area contributed by atoms with Crippen LogP contribution in [0, 0.1) is 0 Å². The fraction of sp³-hybridized carbons (Fsp3) is 0.312. The van der Waals surface area contributed by atoms with Gasteiger partial charge in [0.1, 0.15) is 24.0 Å². The minimum absolute atomic E-state index is 0.0508. The van der Waals surface area contributed by atoms with Crippen LogP contribution in [0.25, 0.3) is 0 Å². The molecule has 0 aliphatic carbocycles. The maximum absolute atomic E-state index is 12.5. The molecule has 0 saturated carbocycles. The standard InChI is InChI=1S/C16H15ClF3NO3/c1-22-6-7-23-13-4-2-11(3-5-13)10-24-15-14(17)8-12(9-21-15)16(18,19)20/h2-5,8-9H,6-7,10H2,1H3. The maximum atomic E-state index is 12.5. The highest BCUT2D eigenvalue weighted by Gasteiger charge is 2.31. The van der Waals surface area contributed by atoms with Crippen LogP contribution >= 0.6 is 11.6 Å². The molecule has 1 aromatic heterocycles. The summed E-state index contributed by atoms with van der Waals surface area (Å²) in [4.78, 5) is 3.61. The monoisotopic (exact) mass is 361 g/mol. The van der Waals surface area contributed by atoms with Gasteiger partial charge in [0.15, 0.2) is 0 Å². The van der Waals surface area contributed by atoms with E-state index in [-0.39, 0.29) is 17.5 Å². The Morgan fingerprint density at radius 1 is 1.08 bits per heavy atom. The van der Waals surface area contributed by atoms with Crippen molar-refractivity contribution in [3.05, 3.63) is 52.7 Å². The molecule has 0 amide bonds. The number of aromatic nitrogens is 1. The lowest BCUT2D eigenvalue weighted by Gasteiger charge is -2.11. The summed E-state index contributed by atoms with van der Waals surface area (Å²) < 4.78 is 53.3. The summed E-state index contributed by atoms with van der Waals surface area (Å²) in [6.07, 6.45) is -3.80. The Balaban J connectivity index is 1.93. The fourth-order valence-corrected chi connectivity index (χ4v) is 1.98. The first-order valence-electron chi connectivity index (χ1n) is 6.96. The van der Waals surface area contributed by atoms with Crippen molar-refractivity contribution >= 4 is 11.6 Å². The Morgan fingerprint density at radius 2 is 1.79 bits per heavy atom. The second-order valence-corrected chi connectivity index (χ2v) is 5.19. The summed E-state index contributed by atoms with van der Waals surface area (Å²) in [6, 6.07) is 7.86. The van der Waals surface area contributed by atoms with E-state index in [9.17, 15) is 13.2 Å². The number of ether oxygens (including phenoxy) is 3. The normalized spacial score (nSPS) is 11.4. The Hall–Kier alpha value is -1.99. The van der Waals surface area contributed by atoms with Gasteiger partial charge < -0.3 is 14.2 Å². The third-order valence-corrected chi connectivity index (χ3v) is 3.26. The number of benzene rings is 1. The third kappa shape index (κ3) is 5.28. The molecule has 24 heavy (non-hydrogen) atoms. The quantitative estimate of drug-likeness (QED) is 0.687. The van der Waals surface area contributed by atoms with Crippen molar-refractivity contribution in [2.45, 2.75) is 12.8 Å². The van der Waals surface area contributed by atoms with E-state index in [1.807, 2.05) is 0 Å². The molecular formula is C16H15ClF3NO3. The van der Waals surface area contributed by atoms with E-state index in [4.69, 9.17) is 25.8 Å². The maximum Gasteiger partial charge on any atom is 0.417 e. The van der Waals surface area contributed by atoms with Gasteiger partial charge in [0, 0.05) is 13.3 Å². The number of rotatable bonds is 7. The first-order chi connectivity index (χ1) is 11.4. The van der Waals surface area contributed by atoms with Crippen molar-refractivity contribution in [2.24, 2.45) is 0 Å². The van der Waals surface area contributed by atoms with E-state index in [1.165, 1.54) is 0 Å². The van der Waals surface area contributed by atoms with Gasteiger partial charge in [-0.25, -0.2) is 4.98 Å². The lowest BCUT2D eigenvalue weighted by atomic mass is 10.2. The number of hydrogen-bond donors (Lipinski definition) is 0. The van der Waals surface area contributed by atoms with Crippen LogP contribution in [-0.4, -0.2) is 25.3 Å². The number of hydrogen-bond acceptors (Lipinski definition) is 4. The Labute approximate surface area is 142 Å². The van der Waals surface area contributed by atoms with E-state index in [1.54, 1.807) is 31.4 Å². The summed E-state index contributed by atoms with van der Waals surface area (Å²) in [5.74, 6) is 0.631. The van der Waals surface area contributed by atoms with Crippen LogP contribution in [0.15, 0.2) is 36.5 Å². The van der Waals surface area contributed by atoms with Crippen molar-refractivity contribution in [3.63, 3.8) is 0 Å². The van der Waals surface area contributed by atoms with Crippen molar-refractivity contribution < 1.29 is 27.4 Å². The first-order valence-corrected chi connectivity index (χ1v) is 7.34. The molecule has 0 N–H and O–H groups in total. The van der Waals surface area contributed by atoms with Crippen molar-refractivity contribution in [3.8, 4) is 11.6 Å². The average molecular weight is 362 g/mol. The Bertz CT molecular complexity index is 663. The van der Waals surface area contributed by atoms with Crippen LogP contribution in [0.4, 0.5) is 13.2 Å².